The highest BCUT2D eigenvalue weighted by atomic mass is 32.1. The fraction of sp³-hybridized carbons (Fsp3) is 0.450. The van der Waals surface area contributed by atoms with Gasteiger partial charge < -0.3 is 15.2 Å². The maximum Gasteiger partial charge on any atom is 0.413 e. The number of nitrogens with zero attached hydrogens (tertiary/aromatic N) is 3. The Bertz CT molecular complexity index is 961. The van der Waals surface area contributed by atoms with Crippen LogP contribution in [0.25, 0.3) is 0 Å². The lowest BCUT2D eigenvalue weighted by Crippen LogP contribution is -2.27. The van der Waals surface area contributed by atoms with Gasteiger partial charge in [0.25, 0.3) is 0 Å². The molecular weight excluding hydrogens is 484 g/mol. The molecule has 33 heavy (non-hydrogen) atoms. The van der Waals surface area contributed by atoms with Crippen LogP contribution in [0.2, 0.25) is 0 Å². The number of hydrogen-bond donors (Lipinski definition) is 3. The number of nitrogen functional groups attached to an aromatic ring is 1. The molecule has 0 atom stereocenters. The van der Waals surface area contributed by atoms with Crippen LogP contribution in [-0.2, 0) is 9.47 Å². The van der Waals surface area contributed by atoms with Crippen molar-refractivity contribution >= 4 is 61.6 Å². The SMILES string of the molecule is CC(C)(C)OC(=O)Nc1nccs1.Cc1cnc(NC(=O)OC(C)(C)C)s1.Nc1nccs1. The Hall–Kier alpha value is -2.77. The van der Waals surface area contributed by atoms with E-state index in [1.807, 2.05) is 53.8 Å². The molecule has 0 aliphatic carbocycles. The van der Waals surface area contributed by atoms with Crippen LogP contribution in [0.5, 0.6) is 0 Å². The summed E-state index contributed by atoms with van der Waals surface area (Å²) >= 11 is 4.22. The van der Waals surface area contributed by atoms with Gasteiger partial charge in [-0.1, -0.05) is 0 Å². The van der Waals surface area contributed by atoms with Crippen LogP contribution in [0, 0.1) is 6.92 Å². The quantitative estimate of drug-likeness (QED) is 0.377. The number of thiazole rings is 3. The summed E-state index contributed by atoms with van der Waals surface area (Å²) in [6, 6.07) is 0. The van der Waals surface area contributed by atoms with Gasteiger partial charge in [0.15, 0.2) is 15.4 Å². The Morgan fingerprint density at radius 3 is 1.70 bits per heavy atom. The minimum Gasteiger partial charge on any atom is -0.444 e. The van der Waals surface area contributed by atoms with Gasteiger partial charge in [-0.25, -0.2) is 24.5 Å². The largest absolute Gasteiger partial charge is 0.444 e. The smallest absolute Gasteiger partial charge is 0.413 e. The normalized spacial score (nSPS) is 10.6. The number of carbonyl (C=O) groups excluding carboxylic acids is 2. The van der Waals surface area contributed by atoms with E-state index in [9.17, 15) is 9.59 Å². The molecule has 0 spiro atoms. The van der Waals surface area contributed by atoms with Crippen molar-refractivity contribution in [2.75, 3.05) is 16.4 Å². The zero-order chi connectivity index (χ0) is 25.1. The minimum absolute atomic E-state index is 0.466. The van der Waals surface area contributed by atoms with Crippen LogP contribution < -0.4 is 16.4 Å². The molecule has 3 rings (SSSR count). The monoisotopic (exact) mass is 514 g/mol. The van der Waals surface area contributed by atoms with Crippen LogP contribution in [0.15, 0.2) is 29.4 Å². The first-order chi connectivity index (χ1) is 15.2. The molecule has 2 amide bonds. The summed E-state index contributed by atoms with van der Waals surface area (Å²) in [4.78, 5) is 35.1. The molecule has 0 radical (unpaired) electrons. The summed E-state index contributed by atoms with van der Waals surface area (Å²) < 4.78 is 10.1. The first-order valence-corrected chi connectivity index (χ1v) is 12.3. The Balaban J connectivity index is 0.000000265. The Labute approximate surface area is 205 Å². The highest BCUT2D eigenvalue weighted by Gasteiger charge is 2.17. The average Bonchev–Trinajstić information content (AvgIpc) is 3.37. The van der Waals surface area contributed by atoms with Crippen molar-refractivity contribution in [1.29, 1.82) is 0 Å². The summed E-state index contributed by atoms with van der Waals surface area (Å²) in [6.07, 6.45) is 4.07. The maximum atomic E-state index is 11.3. The molecule has 0 saturated heterocycles. The molecule has 3 aromatic rings. The van der Waals surface area contributed by atoms with Gasteiger partial charge in [-0.3, -0.25) is 10.6 Å². The van der Waals surface area contributed by atoms with Gasteiger partial charge in [-0.2, -0.15) is 0 Å². The summed E-state index contributed by atoms with van der Waals surface area (Å²) in [5.74, 6) is 0. The van der Waals surface area contributed by atoms with E-state index in [4.69, 9.17) is 15.2 Å². The molecule has 0 aliphatic heterocycles. The number of nitrogens with one attached hydrogen (secondary N) is 2. The third kappa shape index (κ3) is 14.8. The van der Waals surface area contributed by atoms with Crippen molar-refractivity contribution in [3.8, 4) is 0 Å². The Kier molecular flexibility index (Phi) is 11.2. The fourth-order valence-corrected chi connectivity index (χ4v) is 3.26. The zero-order valence-electron chi connectivity index (χ0n) is 19.7. The molecule has 4 N–H and O–H groups in total. The van der Waals surface area contributed by atoms with Gasteiger partial charge in [0.2, 0.25) is 0 Å². The number of nitrogens with two attached hydrogens (primary N) is 1. The van der Waals surface area contributed by atoms with E-state index in [0.717, 1.165) is 4.88 Å². The van der Waals surface area contributed by atoms with Crippen molar-refractivity contribution < 1.29 is 19.1 Å². The highest BCUT2D eigenvalue weighted by Crippen LogP contribution is 2.18. The minimum atomic E-state index is -0.476. The van der Waals surface area contributed by atoms with Crippen molar-refractivity contribution in [2.45, 2.75) is 59.7 Å². The van der Waals surface area contributed by atoms with Crippen molar-refractivity contribution in [2.24, 2.45) is 0 Å². The molecule has 0 bridgehead atoms. The highest BCUT2D eigenvalue weighted by molar-refractivity contribution is 7.15. The molecule has 0 aliphatic rings. The van der Waals surface area contributed by atoms with E-state index in [-0.39, 0.29) is 0 Å². The molecule has 3 heterocycles. The molecular formula is C20H30N6O4S3. The summed E-state index contributed by atoms with van der Waals surface area (Å²) in [5, 5.41) is 10.5. The number of rotatable bonds is 2. The predicted octanol–water partition coefficient (Wildman–Crippen LogP) is 6.01. The van der Waals surface area contributed by atoms with Gasteiger partial charge in [0.1, 0.15) is 11.2 Å². The molecule has 0 aromatic carbocycles. The van der Waals surface area contributed by atoms with Crippen LogP contribution in [0.4, 0.5) is 25.0 Å². The van der Waals surface area contributed by atoms with E-state index in [0.29, 0.717) is 15.4 Å². The lowest BCUT2D eigenvalue weighted by atomic mass is 10.2. The van der Waals surface area contributed by atoms with E-state index in [2.05, 4.69) is 25.6 Å². The summed E-state index contributed by atoms with van der Waals surface area (Å²) in [5.41, 5.74) is 4.24. The third-order valence-corrected chi connectivity index (χ3v) is 4.84. The Morgan fingerprint density at radius 2 is 1.36 bits per heavy atom. The van der Waals surface area contributed by atoms with E-state index < -0.39 is 23.4 Å². The molecule has 182 valence electrons. The van der Waals surface area contributed by atoms with Crippen molar-refractivity contribution in [3.05, 3.63) is 34.2 Å². The maximum absolute atomic E-state index is 11.3. The van der Waals surface area contributed by atoms with Crippen LogP contribution in [-0.4, -0.2) is 38.3 Å². The first kappa shape index (κ1) is 28.3. The molecule has 3 aromatic heterocycles. The fourth-order valence-electron chi connectivity index (χ4n) is 1.71. The summed E-state index contributed by atoms with van der Waals surface area (Å²) in [6.45, 7) is 12.8. The number of aromatic nitrogens is 3. The number of ether oxygens (including phenoxy) is 2. The van der Waals surface area contributed by atoms with Crippen LogP contribution >= 0.6 is 34.0 Å². The molecule has 0 fully saturated rings. The number of carbonyl (C=O) groups is 2. The van der Waals surface area contributed by atoms with E-state index in [1.165, 1.54) is 34.0 Å². The second-order valence-corrected chi connectivity index (χ2v) is 11.3. The van der Waals surface area contributed by atoms with Crippen molar-refractivity contribution in [1.82, 2.24) is 15.0 Å². The van der Waals surface area contributed by atoms with Gasteiger partial charge in [0.05, 0.1) is 0 Å². The molecule has 13 heteroatoms. The number of aryl methyl sites for hydroxylation is 1. The van der Waals surface area contributed by atoms with Gasteiger partial charge in [0, 0.05) is 34.2 Å². The van der Waals surface area contributed by atoms with Gasteiger partial charge >= 0.3 is 12.2 Å². The van der Waals surface area contributed by atoms with E-state index in [1.54, 1.807) is 24.0 Å². The van der Waals surface area contributed by atoms with Crippen molar-refractivity contribution in [3.63, 3.8) is 0 Å². The number of anilines is 3. The van der Waals surface area contributed by atoms with Crippen LogP contribution in [0.1, 0.15) is 46.4 Å². The summed E-state index contributed by atoms with van der Waals surface area (Å²) in [7, 11) is 0. The van der Waals surface area contributed by atoms with E-state index >= 15 is 0 Å². The predicted molar refractivity (Wildman–Crippen MR) is 135 cm³/mol. The van der Waals surface area contributed by atoms with Gasteiger partial charge in [-0.05, 0) is 48.5 Å². The third-order valence-electron chi connectivity index (χ3n) is 2.72. The number of hydrogen-bond acceptors (Lipinski definition) is 11. The standard InChI is InChI=1S/C9H14N2O2S.C8H12N2O2S.C3H4N2S/c1-6-5-10-7(14-6)11-8(12)13-9(2,3)4;1-8(2,3)12-7(11)10-6-9-4-5-13-6;4-3-5-1-2-6-3/h5H,1-4H3,(H,10,11,12);4-5H,1-3H3,(H,9,10,11);1-2H,(H2,4,5). The molecule has 0 saturated carbocycles. The first-order valence-electron chi connectivity index (χ1n) is 9.70. The van der Waals surface area contributed by atoms with Crippen LogP contribution in [0.3, 0.4) is 0 Å². The zero-order valence-corrected chi connectivity index (χ0v) is 22.1. The average molecular weight is 515 g/mol. The lowest BCUT2D eigenvalue weighted by molar-refractivity contribution is 0.0624. The number of amides is 2. The molecule has 0 unspecified atom stereocenters. The second-order valence-electron chi connectivity index (χ2n) is 8.24. The lowest BCUT2D eigenvalue weighted by Gasteiger charge is -2.18. The molecule has 10 nitrogen and oxygen atoms in total. The topological polar surface area (TPSA) is 141 Å². The van der Waals surface area contributed by atoms with Gasteiger partial charge in [-0.15, -0.1) is 34.0 Å². The second kappa shape index (κ2) is 13.1. The Morgan fingerprint density at radius 1 is 0.848 bits per heavy atom.